The highest BCUT2D eigenvalue weighted by atomic mass is 16.5. The lowest BCUT2D eigenvalue weighted by atomic mass is 10.1. The molecule has 4 aromatic rings. The van der Waals surface area contributed by atoms with Gasteiger partial charge >= 0.3 is 0 Å². The van der Waals surface area contributed by atoms with Crippen LogP contribution in [-0.4, -0.2) is 46.5 Å². The van der Waals surface area contributed by atoms with Gasteiger partial charge in [-0.25, -0.2) is 4.98 Å². The van der Waals surface area contributed by atoms with Crippen molar-refractivity contribution in [2.24, 2.45) is 0 Å². The predicted molar refractivity (Wildman–Crippen MR) is 133 cm³/mol. The summed E-state index contributed by atoms with van der Waals surface area (Å²) >= 11 is 0. The Labute approximate surface area is 202 Å². The van der Waals surface area contributed by atoms with Crippen LogP contribution >= 0.6 is 0 Å². The predicted octanol–water partition coefficient (Wildman–Crippen LogP) is 2.50. The van der Waals surface area contributed by atoms with Gasteiger partial charge in [-0.05, 0) is 24.6 Å². The van der Waals surface area contributed by atoms with Crippen LogP contribution < -0.4 is 20.8 Å². The third-order valence-electron chi connectivity index (χ3n) is 5.50. The lowest BCUT2D eigenvalue weighted by Gasteiger charge is -2.12. The molecule has 0 fully saturated rings. The Morgan fingerprint density at radius 1 is 1.03 bits per heavy atom. The van der Waals surface area contributed by atoms with E-state index in [1.165, 1.54) is 12.4 Å². The van der Waals surface area contributed by atoms with Gasteiger partial charge in [0, 0.05) is 44.5 Å². The van der Waals surface area contributed by atoms with Crippen LogP contribution in [0.5, 0.6) is 5.75 Å². The number of methoxy groups -OCH3 is 1. The molecule has 2 amide bonds. The van der Waals surface area contributed by atoms with E-state index in [1.807, 2.05) is 48.5 Å². The number of carbonyl (C=O) groups excluding carboxylic acids is 2. The number of nitrogens with zero attached hydrogens (tertiary/aromatic N) is 2. The van der Waals surface area contributed by atoms with Crippen molar-refractivity contribution in [3.8, 4) is 5.75 Å². The van der Waals surface area contributed by atoms with Crippen molar-refractivity contribution >= 4 is 22.8 Å². The van der Waals surface area contributed by atoms with Crippen LogP contribution in [0.2, 0.25) is 0 Å². The number of benzene rings is 2. The maximum Gasteiger partial charge on any atom is 0.256 e. The summed E-state index contributed by atoms with van der Waals surface area (Å²) in [7, 11) is 1.60. The average molecular weight is 474 g/mol. The number of H-pyrrole nitrogens is 1. The van der Waals surface area contributed by atoms with Gasteiger partial charge < -0.3 is 24.9 Å². The van der Waals surface area contributed by atoms with Crippen LogP contribution in [0.15, 0.2) is 65.7 Å². The van der Waals surface area contributed by atoms with E-state index in [4.69, 9.17) is 4.74 Å². The minimum Gasteiger partial charge on any atom is -0.497 e. The first-order valence-electron chi connectivity index (χ1n) is 11.4. The number of hydrogen-bond donors (Lipinski definition) is 3. The maximum atomic E-state index is 13.0. The highest BCUT2D eigenvalue weighted by molar-refractivity contribution is 5.99. The van der Waals surface area contributed by atoms with Crippen LogP contribution in [0.4, 0.5) is 0 Å². The molecule has 2 aromatic heterocycles. The van der Waals surface area contributed by atoms with Crippen molar-refractivity contribution in [2.45, 2.75) is 19.9 Å². The van der Waals surface area contributed by atoms with Gasteiger partial charge in [0.25, 0.3) is 11.8 Å². The number of rotatable bonds is 9. The molecule has 0 saturated heterocycles. The van der Waals surface area contributed by atoms with Crippen molar-refractivity contribution in [3.63, 3.8) is 0 Å². The van der Waals surface area contributed by atoms with Gasteiger partial charge in [-0.1, -0.05) is 30.3 Å². The normalized spacial score (nSPS) is 10.8. The zero-order valence-corrected chi connectivity index (χ0v) is 19.6. The number of aromatic amines is 1. The molecule has 0 aliphatic carbocycles. The van der Waals surface area contributed by atoms with Gasteiger partial charge in [-0.2, -0.15) is 0 Å². The Kier molecular flexibility index (Phi) is 7.25. The molecule has 0 saturated carbocycles. The van der Waals surface area contributed by atoms with E-state index in [0.29, 0.717) is 25.3 Å². The van der Waals surface area contributed by atoms with E-state index < -0.39 is 17.2 Å². The van der Waals surface area contributed by atoms with Crippen LogP contribution in [0.25, 0.3) is 11.0 Å². The Morgan fingerprint density at radius 3 is 2.43 bits per heavy atom. The van der Waals surface area contributed by atoms with Crippen molar-refractivity contribution in [3.05, 3.63) is 93.7 Å². The molecule has 35 heavy (non-hydrogen) atoms. The van der Waals surface area contributed by atoms with Gasteiger partial charge in [0.15, 0.2) is 0 Å². The maximum absolute atomic E-state index is 13.0. The minimum absolute atomic E-state index is 0.0679. The molecular weight excluding hydrogens is 446 g/mol. The Balaban J connectivity index is 1.52. The van der Waals surface area contributed by atoms with Crippen molar-refractivity contribution in [1.29, 1.82) is 0 Å². The molecule has 9 heteroatoms. The standard InChI is InChI=1S/C26H27N5O4/c1-3-27-25(33)19-15-31(14-17-7-5-4-6-8-17)16-20(24(19)32)26(34)28-12-11-23-29-21-10-9-18(35-2)13-22(21)30-23/h4-10,13,15-16H,3,11-12,14H2,1-2H3,(H,27,33)(H,28,34)(H,29,30). The molecule has 4 rings (SSSR count). The number of imidazole rings is 1. The highest BCUT2D eigenvalue weighted by Crippen LogP contribution is 2.18. The van der Waals surface area contributed by atoms with E-state index in [2.05, 4.69) is 20.6 Å². The summed E-state index contributed by atoms with van der Waals surface area (Å²) in [4.78, 5) is 46.1. The second-order valence-corrected chi connectivity index (χ2v) is 8.00. The van der Waals surface area contributed by atoms with Crippen LogP contribution in [-0.2, 0) is 13.0 Å². The third kappa shape index (κ3) is 5.57. The second kappa shape index (κ2) is 10.7. The molecule has 3 N–H and O–H groups in total. The fourth-order valence-electron chi connectivity index (χ4n) is 3.77. The van der Waals surface area contributed by atoms with Crippen molar-refractivity contribution in [2.75, 3.05) is 20.2 Å². The number of aromatic nitrogens is 3. The fourth-order valence-corrected chi connectivity index (χ4v) is 3.77. The van der Waals surface area contributed by atoms with E-state index in [1.54, 1.807) is 18.6 Å². The van der Waals surface area contributed by atoms with E-state index >= 15 is 0 Å². The largest absolute Gasteiger partial charge is 0.497 e. The number of amides is 2. The molecule has 0 aliphatic heterocycles. The van der Waals surface area contributed by atoms with Crippen LogP contribution in [0.3, 0.4) is 0 Å². The van der Waals surface area contributed by atoms with Gasteiger partial charge in [0.2, 0.25) is 5.43 Å². The number of ether oxygens (including phenoxy) is 1. The number of hydrogen-bond acceptors (Lipinski definition) is 5. The minimum atomic E-state index is -0.603. The first-order chi connectivity index (χ1) is 17.0. The fraction of sp³-hybridized carbons (Fsp3) is 0.231. The summed E-state index contributed by atoms with van der Waals surface area (Å²) in [6, 6.07) is 15.1. The summed E-state index contributed by atoms with van der Waals surface area (Å²) in [6.45, 7) is 2.82. The molecule has 9 nitrogen and oxygen atoms in total. The third-order valence-corrected chi connectivity index (χ3v) is 5.50. The smallest absolute Gasteiger partial charge is 0.256 e. The topological polar surface area (TPSA) is 118 Å². The number of nitrogens with one attached hydrogen (secondary N) is 3. The first kappa shape index (κ1) is 23.7. The molecule has 0 aliphatic rings. The molecule has 0 bridgehead atoms. The molecule has 0 unspecified atom stereocenters. The Hall–Kier alpha value is -4.40. The lowest BCUT2D eigenvalue weighted by Crippen LogP contribution is -2.36. The van der Waals surface area contributed by atoms with E-state index in [0.717, 1.165) is 22.3 Å². The number of fused-ring (bicyclic) bond motifs is 1. The molecular formula is C26H27N5O4. The van der Waals surface area contributed by atoms with E-state index in [9.17, 15) is 14.4 Å². The molecule has 0 spiro atoms. The van der Waals surface area contributed by atoms with Gasteiger partial charge in [0.05, 0.1) is 18.1 Å². The van der Waals surface area contributed by atoms with Gasteiger partial charge in [0.1, 0.15) is 22.7 Å². The average Bonchev–Trinajstić information content (AvgIpc) is 3.27. The monoisotopic (exact) mass is 473 g/mol. The van der Waals surface area contributed by atoms with Crippen molar-refractivity contribution < 1.29 is 14.3 Å². The first-order valence-corrected chi connectivity index (χ1v) is 11.4. The highest BCUT2D eigenvalue weighted by Gasteiger charge is 2.19. The quantitative estimate of drug-likeness (QED) is 0.345. The second-order valence-electron chi connectivity index (χ2n) is 8.00. The zero-order valence-electron chi connectivity index (χ0n) is 19.6. The van der Waals surface area contributed by atoms with Crippen LogP contribution in [0.1, 0.15) is 39.0 Å². The summed E-state index contributed by atoms with van der Waals surface area (Å²) in [5.41, 5.74) is 1.86. The summed E-state index contributed by atoms with van der Waals surface area (Å²) in [6.07, 6.45) is 3.41. The number of pyridine rings is 1. The summed E-state index contributed by atoms with van der Waals surface area (Å²) in [5.74, 6) is 0.373. The molecule has 180 valence electrons. The van der Waals surface area contributed by atoms with E-state index in [-0.39, 0.29) is 17.7 Å². The lowest BCUT2D eigenvalue weighted by molar-refractivity contribution is 0.0951. The van der Waals surface area contributed by atoms with Crippen molar-refractivity contribution in [1.82, 2.24) is 25.2 Å². The van der Waals surface area contributed by atoms with Gasteiger partial charge in [-0.3, -0.25) is 14.4 Å². The number of carbonyl (C=O) groups is 2. The Bertz CT molecular complexity index is 1410. The van der Waals surface area contributed by atoms with Gasteiger partial charge in [-0.15, -0.1) is 0 Å². The molecule has 0 radical (unpaired) electrons. The summed E-state index contributed by atoms with van der Waals surface area (Å²) < 4.78 is 6.91. The van der Waals surface area contributed by atoms with Crippen LogP contribution in [0, 0.1) is 0 Å². The Morgan fingerprint density at radius 2 is 1.74 bits per heavy atom. The summed E-state index contributed by atoms with van der Waals surface area (Å²) in [5, 5.41) is 5.42. The molecule has 2 heterocycles. The molecule has 0 atom stereocenters. The molecule has 2 aromatic carbocycles. The zero-order chi connectivity index (χ0) is 24.8. The SMILES string of the molecule is CCNC(=O)c1cn(Cc2ccccc2)cc(C(=O)NCCc2nc3ccc(OC)cc3[nH]2)c1=O.